The summed E-state index contributed by atoms with van der Waals surface area (Å²) in [5.74, 6) is -0.971. The van der Waals surface area contributed by atoms with Crippen LogP contribution in [-0.4, -0.2) is 22.6 Å². The van der Waals surface area contributed by atoms with Crippen molar-refractivity contribution >= 4 is 5.97 Å². The number of hydrogen-bond donors (Lipinski definition) is 2. The zero-order chi connectivity index (χ0) is 13.7. The third-order valence-corrected chi connectivity index (χ3v) is 3.94. The van der Waals surface area contributed by atoms with E-state index >= 15 is 0 Å². The van der Waals surface area contributed by atoms with Crippen LogP contribution in [0, 0.1) is 5.41 Å². The lowest BCUT2D eigenvalue weighted by atomic mass is 9.76. The molecule has 0 atom stereocenters. The lowest BCUT2D eigenvalue weighted by Gasteiger charge is -2.33. The van der Waals surface area contributed by atoms with Gasteiger partial charge >= 0.3 is 5.97 Å². The molecule has 1 fully saturated rings. The van der Waals surface area contributed by atoms with E-state index in [4.69, 9.17) is 5.11 Å². The molecule has 1 aliphatic rings. The minimum atomic E-state index is -0.971. The molecule has 0 unspecified atom stereocenters. The minimum Gasteiger partial charge on any atom is -0.477 e. The Balaban J connectivity index is 1.85. The first kappa shape index (κ1) is 14.0. The molecule has 1 saturated carbocycles. The lowest BCUT2D eigenvalue weighted by Crippen LogP contribution is -2.33. The molecule has 0 aliphatic heterocycles. The van der Waals surface area contributed by atoms with Gasteiger partial charge in [0.05, 0.1) is 5.69 Å². The number of aromatic nitrogens is 1. The zero-order valence-electron chi connectivity index (χ0n) is 11.5. The van der Waals surface area contributed by atoms with E-state index in [0.29, 0.717) is 12.0 Å². The first-order valence-electron chi connectivity index (χ1n) is 6.99. The Morgan fingerprint density at radius 3 is 2.79 bits per heavy atom. The van der Waals surface area contributed by atoms with Gasteiger partial charge in [-0.25, -0.2) is 9.78 Å². The Morgan fingerprint density at radius 2 is 2.11 bits per heavy atom. The number of carboxylic acid groups (broad SMARTS) is 1. The summed E-state index contributed by atoms with van der Waals surface area (Å²) >= 11 is 0. The predicted molar refractivity (Wildman–Crippen MR) is 74.1 cm³/mol. The van der Waals surface area contributed by atoms with E-state index in [1.54, 1.807) is 6.07 Å². The molecular formula is C15H22N2O2. The summed E-state index contributed by atoms with van der Waals surface area (Å²) in [5.41, 5.74) is 1.30. The second-order valence-corrected chi connectivity index (χ2v) is 5.79. The topological polar surface area (TPSA) is 62.2 Å². The van der Waals surface area contributed by atoms with Crippen LogP contribution in [0.5, 0.6) is 0 Å². The van der Waals surface area contributed by atoms with Crippen molar-refractivity contribution in [2.24, 2.45) is 5.41 Å². The summed E-state index contributed by atoms with van der Waals surface area (Å²) in [7, 11) is 0. The van der Waals surface area contributed by atoms with E-state index < -0.39 is 5.97 Å². The molecule has 4 heteroatoms. The maximum Gasteiger partial charge on any atom is 0.354 e. The number of nitrogens with one attached hydrogen (secondary N) is 1. The molecule has 1 aromatic rings. The maximum absolute atomic E-state index is 10.8. The van der Waals surface area contributed by atoms with Crippen LogP contribution < -0.4 is 5.32 Å². The number of carboxylic acids is 1. The first-order valence-corrected chi connectivity index (χ1v) is 6.99. The number of rotatable bonds is 5. The molecule has 0 aromatic carbocycles. The van der Waals surface area contributed by atoms with Crippen LogP contribution in [0.15, 0.2) is 18.2 Å². The monoisotopic (exact) mass is 262 g/mol. The summed E-state index contributed by atoms with van der Waals surface area (Å²) < 4.78 is 0. The number of pyridine rings is 1. The largest absolute Gasteiger partial charge is 0.477 e. The van der Waals surface area contributed by atoms with Gasteiger partial charge in [-0.15, -0.1) is 0 Å². The van der Waals surface area contributed by atoms with Crippen molar-refractivity contribution < 1.29 is 9.90 Å². The quantitative estimate of drug-likeness (QED) is 0.856. The molecule has 0 amide bonds. The molecule has 1 heterocycles. The number of aromatic carboxylic acids is 1. The molecule has 0 spiro atoms. The van der Waals surface area contributed by atoms with Crippen molar-refractivity contribution in [1.82, 2.24) is 10.3 Å². The highest BCUT2D eigenvalue weighted by atomic mass is 16.4. The van der Waals surface area contributed by atoms with Crippen molar-refractivity contribution in [1.29, 1.82) is 0 Å². The van der Waals surface area contributed by atoms with Gasteiger partial charge in [-0.3, -0.25) is 0 Å². The summed E-state index contributed by atoms with van der Waals surface area (Å²) in [6.07, 6.45) is 6.57. The van der Waals surface area contributed by atoms with Gasteiger partial charge in [0, 0.05) is 13.1 Å². The van der Waals surface area contributed by atoms with Crippen LogP contribution in [-0.2, 0) is 6.54 Å². The van der Waals surface area contributed by atoms with Gasteiger partial charge in [0.25, 0.3) is 0 Å². The molecule has 0 saturated heterocycles. The van der Waals surface area contributed by atoms with Gasteiger partial charge in [-0.1, -0.05) is 32.3 Å². The molecule has 2 N–H and O–H groups in total. The Bertz CT molecular complexity index is 440. The Kier molecular flexibility index (Phi) is 4.53. The Labute approximate surface area is 114 Å². The van der Waals surface area contributed by atoms with E-state index in [-0.39, 0.29) is 5.69 Å². The van der Waals surface area contributed by atoms with Crippen LogP contribution in [0.4, 0.5) is 0 Å². The molecule has 1 aliphatic carbocycles. The highest BCUT2D eigenvalue weighted by Crippen LogP contribution is 2.34. The average molecular weight is 262 g/mol. The Morgan fingerprint density at radius 1 is 1.37 bits per heavy atom. The minimum absolute atomic E-state index is 0.114. The lowest BCUT2D eigenvalue weighted by molar-refractivity contribution is 0.0690. The van der Waals surface area contributed by atoms with Gasteiger partial charge in [-0.2, -0.15) is 0 Å². The van der Waals surface area contributed by atoms with E-state index in [2.05, 4.69) is 17.2 Å². The van der Waals surface area contributed by atoms with Crippen molar-refractivity contribution in [3.8, 4) is 0 Å². The third-order valence-electron chi connectivity index (χ3n) is 3.94. The summed E-state index contributed by atoms with van der Waals surface area (Å²) in [4.78, 5) is 15.0. The van der Waals surface area contributed by atoms with E-state index in [9.17, 15) is 4.79 Å². The van der Waals surface area contributed by atoms with Crippen molar-refractivity contribution in [3.05, 3.63) is 29.6 Å². The number of hydrogen-bond acceptors (Lipinski definition) is 3. The summed E-state index contributed by atoms with van der Waals surface area (Å²) in [6, 6.07) is 5.13. The molecule has 1 aromatic heterocycles. The highest BCUT2D eigenvalue weighted by molar-refractivity contribution is 5.85. The fraction of sp³-hybridized carbons (Fsp3) is 0.600. The molecule has 0 radical (unpaired) electrons. The molecule has 4 nitrogen and oxygen atoms in total. The molecular weight excluding hydrogens is 240 g/mol. The van der Waals surface area contributed by atoms with Crippen LogP contribution in [0.3, 0.4) is 0 Å². The van der Waals surface area contributed by atoms with Gasteiger partial charge in [0.15, 0.2) is 0 Å². The SMILES string of the molecule is CC1(CNCc2cccc(C(=O)O)n2)CCCCC1. The number of carbonyl (C=O) groups is 1. The van der Waals surface area contributed by atoms with Crippen LogP contribution in [0.25, 0.3) is 0 Å². The maximum atomic E-state index is 10.8. The van der Waals surface area contributed by atoms with Gasteiger partial charge < -0.3 is 10.4 Å². The summed E-state index contributed by atoms with van der Waals surface area (Å²) in [5, 5.41) is 12.3. The normalized spacial score (nSPS) is 18.2. The molecule has 104 valence electrons. The smallest absolute Gasteiger partial charge is 0.354 e. The fourth-order valence-corrected chi connectivity index (χ4v) is 2.77. The van der Waals surface area contributed by atoms with Gasteiger partial charge in [0.1, 0.15) is 5.69 Å². The second-order valence-electron chi connectivity index (χ2n) is 5.79. The predicted octanol–water partition coefficient (Wildman–Crippen LogP) is 2.84. The Hall–Kier alpha value is -1.42. The fourth-order valence-electron chi connectivity index (χ4n) is 2.77. The highest BCUT2D eigenvalue weighted by Gasteiger charge is 2.25. The average Bonchev–Trinajstić information content (AvgIpc) is 2.39. The van der Waals surface area contributed by atoms with E-state index in [1.165, 1.54) is 38.2 Å². The van der Waals surface area contributed by atoms with E-state index in [0.717, 1.165) is 12.2 Å². The standard InChI is InChI=1S/C15H22N2O2/c1-15(8-3-2-4-9-15)11-16-10-12-6-5-7-13(17-12)14(18)19/h5-7,16H,2-4,8-11H2,1H3,(H,18,19). The van der Waals surface area contributed by atoms with Crippen LogP contribution >= 0.6 is 0 Å². The third kappa shape index (κ3) is 4.03. The second kappa shape index (κ2) is 6.15. The van der Waals surface area contributed by atoms with Crippen molar-refractivity contribution in [2.45, 2.75) is 45.6 Å². The van der Waals surface area contributed by atoms with Crippen LogP contribution in [0.2, 0.25) is 0 Å². The number of nitrogens with zero attached hydrogens (tertiary/aromatic N) is 1. The van der Waals surface area contributed by atoms with Crippen LogP contribution in [0.1, 0.15) is 55.2 Å². The van der Waals surface area contributed by atoms with Gasteiger partial charge in [-0.05, 0) is 30.4 Å². The first-order chi connectivity index (χ1) is 9.09. The summed E-state index contributed by atoms with van der Waals surface area (Å²) in [6.45, 7) is 3.95. The zero-order valence-corrected chi connectivity index (χ0v) is 11.5. The molecule has 2 rings (SSSR count). The molecule has 0 bridgehead atoms. The van der Waals surface area contributed by atoms with Crippen molar-refractivity contribution in [3.63, 3.8) is 0 Å². The van der Waals surface area contributed by atoms with Crippen molar-refractivity contribution in [2.75, 3.05) is 6.54 Å². The molecule has 19 heavy (non-hydrogen) atoms. The van der Waals surface area contributed by atoms with E-state index in [1.807, 2.05) is 6.07 Å². The van der Waals surface area contributed by atoms with Gasteiger partial charge in [0.2, 0.25) is 0 Å².